The van der Waals surface area contributed by atoms with E-state index in [-0.39, 0.29) is 5.56 Å². The van der Waals surface area contributed by atoms with Crippen LogP contribution in [0.1, 0.15) is 21.6 Å². The Balaban J connectivity index is 2.07. The molecule has 0 aliphatic carbocycles. The normalized spacial score (nSPS) is 11.4. The number of carbonyl (C=O) groups is 1. The van der Waals surface area contributed by atoms with Crippen LogP contribution >= 0.6 is 0 Å². The predicted molar refractivity (Wildman–Crippen MR) is 82.2 cm³/mol. The van der Waals surface area contributed by atoms with E-state index in [2.05, 4.69) is 15.2 Å². The Kier molecular flexibility index (Phi) is 3.42. The van der Waals surface area contributed by atoms with Gasteiger partial charge in [-0.1, -0.05) is 12.1 Å². The van der Waals surface area contributed by atoms with Crippen LogP contribution in [-0.2, 0) is 0 Å². The summed E-state index contributed by atoms with van der Waals surface area (Å²) in [4.78, 5) is 15.6. The lowest BCUT2D eigenvalue weighted by Crippen LogP contribution is -1.95. The molecular formula is C16H14N4O2. The molecule has 0 aliphatic rings. The van der Waals surface area contributed by atoms with Crippen molar-refractivity contribution in [2.24, 2.45) is 10.2 Å². The predicted octanol–water partition coefficient (Wildman–Crippen LogP) is 4.06. The molecule has 6 nitrogen and oxygen atoms in total. The fourth-order valence-corrected chi connectivity index (χ4v) is 2.21. The average Bonchev–Trinajstić information content (AvgIpc) is 2.79. The van der Waals surface area contributed by atoms with E-state index in [0.717, 1.165) is 16.9 Å². The first-order valence-corrected chi connectivity index (χ1v) is 6.75. The molecule has 2 aromatic heterocycles. The van der Waals surface area contributed by atoms with Gasteiger partial charge >= 0.3 is 5.97 Å². The van der Waals surface area contributed by atoms with Gasteiger partial charge in [0.25, 0.3) is 0 Å². The molecule has 0 spiro atoms. The molecule has 0 fully saturated rings. The van der Waals surface area contributed by atoms with Crippen LogP contribution in [0.2, 0.25) is 0 Å². The molecule has 0 bridgehead atoms. The van der Waals surface area contributed by atoms with Crippen LogP contribution < -0.4 is 0 Å². The Labute approximate surface area is 126 Å². The Morgan fingerprint density at radius 3 is 2.73 bits per heavy atom. The third kappa shape index (κ3) is 2.46. The van der Waals surface area contributed by atoms with Crippen LogP contribution in [0.5, 0.6) is 0 Å². The van der Waals surface area contributed by atoms with Gasteiger partial charge in [0.1, 0.15) is 11.3 Å². The maximum Gasteiger partial charge on any atom is 0.337 e. The maximum atomic E-state index is 11.2. The van der Waals surface area contributed by atoms with Crippen molar-refractivity contribution in [2.45, 2.75) is 13.8 Å². The number of azo groups is 1. The van der Waals surface area contributed by atoms with Crippen LogP contribution in [0.25, 0.3) is 5.65 Å². The van der Waals surface area contributed by atoms with Gasteiger partial charge < -0.3 is 5.11 Å². The lowest BCUT2D eigenvalue weighted by atomic mass is 10.2. The fourth-order valence-electron chi connectivity index (χ4n) is 2.21. The van der Waals surface area contributed by atoms with Crippen molar-refractivity contribution in [3.63, 3.8) is 0 Å². The number of rotatable bonds is 3. The number of nitrogens with zero attached hydrogens (tertiary/aromatic N) is 4. The maximum absolute atomic E-state index is 11.2. The molecule has 110 valence electrons. The summed E-state index contributed by atoms with van der Waals surface area (Å²) in [6.07, 6.45) is 1.88. The Morgan fingerprint density at radius 1 is 1.18 bits per heavy atom. The first kappa shape index (κ1) is 13.9. The van der Waals surface area contributed by atoms with Gasteiger partial charge in [0.2, 0.25) is 0 Å². The van der Waals surface area contributed by atoms with Crippen LogP contribution in [0.3, 0.4) is 0 Å². The summed E-state index contributed by atoms with van der Waals surface area (Å²) in [5.74, 6) is -0.435. The number of aryl methyl sites for hydroxylation is 2. The van der Waals surface area contributed by atoms with Crippen molar-refractivity contribution in [1.82, 2.24) is 9.38 Å². The van der Waals surface area contributed by atoms with Crippen molar-refractivity contribution in [3.05, 3.63) is 59.4 Å². The number of benzene rings is 1. The number of aromatic carboxylic acids is 1. The first-order valence-electron chi connectivity index (χ1n) is 6.75. The molecule has 6 heteroatoms. The van der Waals surface area contributed by atoms with E-state index < -0.39 is 5.97 Å². The van der Waals surface area contributed by atoms with Gasteiger partial charge in [-0.05, 0) is 43.7 Å². The number of aromatic nitrogens is 2. The standard InChI is InChI=1S/C16H14N4O2/c1-10-7-8-20-14(9-10)17-11(2)15(20)19-18-13-6-4-3-5-12(13)16(21)22/h3-9H,1-2H3,(H,21,22). The molecule has 0 aliphatic heterocycles. The molecule has 0 saturated carbocycles. The summed E-state index contributed by atoms with van der Waals surface area (Å²) in [5.41, 5.74) is 3.07. The lowest BCUT2D eigenvalue weighted by molar-refractivity contribution is 0.0698. The van der Waals surface area contributed by atoms with Crippen LogP contribution in [0, 0.1) is 13.8 Å². The second-order valence-electron chi connectivity index (χ2n) is 4.98. The molecule has 3 rings (SSSR count). The minimum atomic E-state index is -1.03. The van der Waals surface area contributed by atoms with E-state index in [0.29, 0.717) is 11.5 Å². The molecule has 0 unspecified atom stereocenters. The van der Waals surface area contributed by atoms with Gasteiger partial charge in [-0.25, -0.2) is 9.78 Å². The quantitative estimate of drug-likeness (QED) is 0.739. The molecule has 1 aromatic carbocycles. The zero-order valence-electron chi connectivity index (χ0n) is 12.2. The number of hydrogen-bond donors (Lipinski definition) is 1. The van der Waals surface area contributed by atoms with E-state index in [4.69, 9.17) is 5.11 Å². The van der Waals surface area contributed by atoms with Crippen LogP contribution in [0.4, 0.5) is 11.5 Å². The summed E-state index contributed by atoms with van der Waals surface area (Å²) in [6.45, 7) is 3.84. The highest BCUT2D eigenvalue weighted by Gasteiger charge is 2.10. The summed E-state index contributed by atoms with van der Waals surface area (Å²) in [7, 11) is 0. The monoisotopic (exact) mass is 294 g/mol. The van der Waals surface area contributed by atoms with E-state index >= 15 is 0 Å². The Morgan fingerprint density at radius 2 is 1.95 bits per heavy atom. The second-order valence-corrected chi connectivity index (χ2v) is 4.98. The van der Waals surface area contributed by atoms with Crippen LogP contribution in [-0.4, -0.2) is 20.5 Å². The molecule has 0 saturated heterocycles. The first-order chi connectivity index (χ1) is 10.6. The molecule has 0 radical (unpaired) electrons. The molecule has 3 aromatic rings. The molecule has 0 atom stereocenters. The number of carboxylic acids is 1. The highest BCUT2D eigenvalue weighted by atomic mass is 16.4. The number of hydrogen-bond acceptors (Lipinski definition) is 4. The molecule has 22 heavy (non-hydrogen) atoms. The Hall–Kier alpha value is -3.02. The second kappa shape index (κ2) is 5.40. The molecule has 2 heterocycles. The third-order valence-electron chi connectivity index (χ3n) is 3.31. The SMILES string of the molecule is Cc1ccn2c(N=Nc3ccccc3C(=O)O)c(C)nc2c1. The Bertz CT molecular complexity index is 896. The van der Waals surface area contributed by atoms with Gasteiger partial charge in [0.05, 0.1) is 11.3 Å². The van der Waals surface area contributed by atoms with Gasteiger partial charge in [-0.3, -0.25) is 4.40 Å². The highest BCUT2D eigenvalue weighted by Crippen LogP contribution is 2.25. The largest absolute Gasteiger partial charge is 0.478 e. The minimum Gasteiger partial charge on any atom is -0.478 e. The number of fused-ring (bicyclic) bond motifs is 1. The molecule has 0 amide bonds. The fraction of sp³-hybridized carbons (Fsp3) is 0.125. The number of carboxylic acid groups (broad SMARTS) is 1. The zero-order chi connectivity index (χ0) is 15.7. The van der Waals surface area contributed by atoms with E-state index in [9.17, 15) is 4.79 Å². The van der Waals surface area contributed by atoms with Crippen molar-refractivity contribution in [1.29, 1.82) is 0 Å². The van der Waals surface area contributed by atoms with Crippen molar-refractivity contribution in [2.75, 3.05) is 0 Å². The lowest BCUT2D eigenvalue weighted by Gasteiger charge is -2.00. The summed E-state index contributed by atoms with van der Waals surface area (Å²) in [6, 6.07) is 10.4. The smallest absolute Gasteiger partial charge is 0.337 e. The van der Waals surface area contributed by atoms with Crippen molar-refractivity contribution < 1.29 is 9.90 Å². The minimum absolute atomic E-state index is 0.119. The average molecular weight is 294 g/mol. The summed E-state index contributed by atoms with van der Waals surface area (Å²) in [5, 5.41) is 17.4. The van der Waals surface area contributed by atoms with E-state index in [1.807, 2.05) is 36.6 Å². The van der Waals surface area contributed by atoms with Gasteiger partial charge in [0.15, 0.2) is 5.82 Å². The summed E-state index contributed by atoms with van der Waals surface area (Å²) >= 11 is 0. The highest BCUT2D eigenvalue weighted by molar-refractivity contribution is 5.93. The zero-order valence-corrected chi connectivity index (χ0v) is 12.2. The topological polar surface area (TPSA) is 79.3 Å². The molecule has 1 N–H and O–H groups in total. The van der Waals surface area contributed by atoms with E-state index in [1.54, 1.807) is 18.2 Å². The van der Waals surface area contributed by atoms with Gasteiger partial charge in [0, 0.05) is 6.20 Å². The molecular weight excluding hydrogens is 280 g/mol. The van der Waals surface area contributed by atoms with E-state index in [1.165, 1.54) is 6.07 Å². The van der Waals surface area contributed by atoms with Crippen molar-refractivity contribution in [3.8, 4) is 0 Å². The van der Waals surface area contributed by atoms with Crippen LogP contribution in [0.15, 0.2) is 52.8 Å². The number of pyridine rings is 1. The van der Waals surface area contributed by atoms with Gasteiger partial charge in [-0.2, -0.15) is 0 Å². The van der Waals surface area contributed by atoms with Crippen molar-refractivity contribution >= 4 is 23.1 Å². The third-order valence-corrected chi connectivity index (χ3v) is 3.31. The number of imidazole rings is 1. The van der Waals surface area contributed by atoms with Gasteiger partial charge in [-0.15, -0.1) is 10.2 Å². The summed E-state index contributed by atoms with van der Waals surface area (Å²) < 4.78 is 1.83.